The molecule has 5 heteroatoms. The number of benzene rings is 2. The maximum absolute atomic E-state index is 8.82. The van der Waals surface area contributed by atoms with E-state index >= 15 is 0 Å². The van der Waals surface area contributed by atoms with Crippen molar-refractivity contribution >= 4 is 29.2 Å². The van der Waals surface area contributed by atoms with Gasteiger partial charge in [-0.15, -0.1) is 0 Å². The van der Waals surface area contributed by atoms with Gasteiger partial charge in [-0.05, 0) is 35.1 Å². The second-order valence-corrected chi connectivity index (χ2v) is 10.0. The molecule has 2 atom stereocenters. The van der Waals surface area contributed by atoms with Crippen molar-refractivity contribution in [3.63, 3.8) is 0 Å². The molecule has 4 rings (SSSR count). The van der Waals surface area contributed by atoms with Gasteiger partial charge >= 0.3 is 37.9 Å². The first-order chi connectivity index (χ1) is 13.2. The van der Waals surface area contributed by atoms with Crippen LogP contribution in [0.2, 0.25) is 0 Å². The van der Waals surface area contributed by atoms with Crippen LogP contribution >= 0.6 is 17.0 Å². The molecule has 0 spiro atoms. The minimum atomic E-state index is -0.826. The minimum absolute atomic E-state index is 0.267. The number of aliphatic hydroxyl groups excluding tert-OH is 2. The van der Waals surface area contributed by atoms with Crippen LogP contribution in [0.15, 0.2) is 60.7 Å². The van der Waals surface area contributed by atoms with Crippen LogP contribution in [-0.2, 0) is 20.8 Å². The molecule has 27 heavy (non-hydrogen) atoms. The Labute approximate surface area is 180 Å². The van der Waals surface area contributed by atoms with Crippen LogP contribution in [-0.4, -0.2) is 23.4 Å². The molecule has 2 nitrogen and oxygen atoms in total. The number of hydrogen-bond donors (Lipinski definition) is 2. The Hall–Kier alpha value is -0.697. The molecule has 0 fully saturated rings. The van der Waals surface area contributed by atoms with Gasteiger partial charge in [-0.3, -0.25) is 0 Å². The zero-order chi connectivity index (χ0) is 19.5. The van der Waals surface area contributed by atoms with E-state index in [1.54, 1.807) is 0 Å². The molecule has 0 heterocycles. The molecule has 2 aliphatic carbocycles. The Morgan fingerprint density at radius 2 is 1.07 bits per heavy atom. The molecule has 0 aromatic heterocycles. The van der Waals surface area contributed by atoms with Crippen molar-refractivity contribution < 1.29 is 31.1 Å². The van der Waals surface area contributed by atoms with Crippen LogP contribution in [0, 0.1) is 0 Å². The summed E-state index contributed by atoms with van der Waals surface area (Å²) in [5.41, 5.74) is 5.31. The predicted octanol–water partition coefficient (Wildman–Crippen LogP) is 5.74. The Kier molecular flexibility index (Phi) is 10.6. The summed E-state index contributed by atoms with van der Waals surface area (Å²) in [5, 5.41) is 17.6. The molecule has 2 aromatic rings. The molecule has 2 aliphatic rings. The van der Waals surface area contributed by atoms with Gasteiger partial charge in [0.2, 0.25) is 0 Å². The number of hydrogen-bond acceptors (Lipinski definition) is 2. The van der Waals surface area contributed by atoms with E-state index in [0.717, 1.165) is 12.8 Å². The molecule has 0 saturated carbocycles. The predicted molar refractivity (Wildman–Crippen MR) is 112 cm³/mol. The summed E-state index contributed by atoms with van der Waals surface area (Å²) in [7, 11) is 9.87. The molecule has 2 aromatic carbocycles. The molecule has 142 valence electrons. The van der Waals surface area contributed by atoms with Gasteiger partial charge in [0.1, 0.15) is 0 Å². The van der Waals surface area contributed by atoms with Gasteiger partial charge < -0.3 is 10.2 Å². The van der Waals surface area contributed by atoms with Crippen molar-refractivity contribution in [2.75, 3.05) is 13.2 Å². The summed E-state index contributed by atoms with van der Waals surface area (Å²) >= 11 is -0.826. The SMILES string of the molecule is OCCC1C=Cc2ccccc21.OCCC1C=Cc2ccccc21.[Cl][Zr][Cl]. The van der Waals surface area contributed by atoms with Crippen LogP contribution in [0.5, 0.6) is 0 Å². The summed E-state index contributed by atoms with van der Waals surface area (Å²) in [6.45, 7) is 0.534. The summed E-state index contributed by atoms with van der Waals surface area (Å²) in [4.78, 5) is 0. The number of allylic oxidation sites excluding steroid dienone is 2. The fourth-order valence-electron chi connectivity index (χ4n) is 3.43. The molecule has 0 bridgehead atoms. The third kappa shape index (κ3) is 6.69. The Bertz CT molecular complexity index is 698. The van der Waals surface area contributed by atoms with Crippen LogP contribution in [0.1, 0.15) is 46.9 Å². The summed E-state index contributed by atoms with van der Waals surface area (Å²) in [6.07, 6.45) is 10.3. The Morgan fingerprint density at radius 1 is 0.704 bits per heavy atom. The van der Waals surface area contributed by atoms with Crippen molar-refractivity contribution in [1.29, 1.82) is 0 Å². The third-order valence-corrected chi connectivity index (χ3v) is 4.69. The van der Waals surface area contributed by atoms with Gasteiger partial charge in [0.05, 0.1) is 0 Å². The van der Waals surface area contributed by atoms with Gasteiger partial charge in [0.15, 0.2) is 0 Å². The molecule has 2 unspecified atom stereocenters. The number of aliphatic hydroxyl groups is 2. The normalized spacial score (nSPS) is 17.9. The second kappa shape index (κ2) is 12.7. The van der Waals surface area contributed by atoms with Crippen molar-refractivity contribution in [3.05, 3.63) is 82.9 Å². The molecule has 0 aliphatic heterocycles. The standard InChI is InChI=1S/2C11H12O.2ClH.Zr/c2*12-8-7-10-6-5-9-3-1-2-4-11(9)10;;;/h2*1-6,10,12H,7-8H2;2*1H;/q;;;;+2/p-2. The molecule has 0 saturated heterocycles. The van der Waals surface area contributed by atoms with E-state index in [1.807, 2.05) is 12.1 Å². The van der Waals surface area contributed by atoms with Crippen molar-refractivity contribution in [2.24, 2.45) is 0 Å². The quantitative estimate of drug-likeness (QED) is 0.584. The van der Waals surface area contributed by atoms with E-state index in [9.17, 15) is 0 Å². The Balaban J connectivity index is 0.000000170. The zero-order valence-electron chi connectivity index (χ0n) is 15.1. The van der Waals surface area contributed by atoms with E-state index in [-0.39, 0.29) is 13.2 Å². The first-order valence-electron chi connectivity index (χ1n) is 8.97. The van der Waals surface area contributed by atoms with Crippen LogP contribution < -0.4 is 0 Å². The molecular formula is C22H24Cl2O2Zr. The number of fused-ring (bicyclic) bond motifs is 2. The van der Waals surface area contributed by atoms with Gasteiger partial charge in [0, 0.05) is 25.0 Å². The monoisotopic (exact) mass is 480 g/mol. The van der Waals surface area contributed by atoms with E-state index in [1.165, 1.54) is 22.3 Å². The van der Waals surface area contributed by atoms with E-state index in [4.69, 9.17) is 27.2 Å². The van der Waals surface area contributed by atoms with Gasteiger partial charge in [0.25, 0.3) is 0 Å². The van der Waals surface area contributed by atoms with Gasteiger partial charge in [-0.2, -0.15) is 0 Å². The first kappa shape index (κ1) is 22.6. The molecular weight excluding hydrogens is 458 g/mol. The zero-order valence-corrected chi connectivity index (χ0v) is 19.0. The third-order valence-electron chi connectivity index (χ3n) is 4.69. The van der Waals surface area contributed by atoms with E-state index in [2.05, 4.69) is 60.7 Å². The topological polar surface area (TPSA) is 40.5 Å². The first-order valence-corrected chi connectivity index (χ1v) is 15.3. The van der Waals surface area contributed by atoms with E-state index < -0.39 is 20.8 Å². The molecule has 2 N–H and O–H groups in total. The van der Waals surface area contributed by atoms with Crippen molar-refractivity contribution in [3.8, 4) is 0 Å². The van der Waals surface area contributed by atoms with Gasteiger partial charge in [-0.1, -0.05) is 72.8 Å². The molecule has 0 radical (unpaired) electrons. The average Bonchev–Trinajstić information content (AvgIpc) is 3.29. The average molecular weight is 483 g/mol. The van der Waals surface area contributed by atoms with E-state index in [0.29, 0.717) is 11.8 Å². The summed E-state index contributed by atoms with van der Waals surface area (Å²) < 4.78 is 0. The fourth-order valence-corrected chi connectivity index (χ4v) is 3.43. The van der Waals surface area contributed by atoms with Crippen LogP contribution in [0.25, 0.3) is 12.2 Å². The van der Waals surface area contributed by atoms with Crippen LogP contribution in [0.3, 0.4) is 0 Å². The van der Waals surface area contributed by atoms with Crippen molar-refractivity contribution in [1.82, 2.24) is 0 Å². The summed E-state index contributed by atoms with van der Waals surface area (Å²) in [5.74, 6) is 0.873. The second-order valence-electron chi connectivity index (χ2n) is 6.29. The molecule has 0 amide bonds. The fraction of sp³-hybridized carbons (Fsp3) is 0.273. The van der Waals surface area contributed by atoms with Crippen LogP contribution in [0.4, 0.5) is 0 Å². The number of halogens is 2. The summed E-state index contributed by atoms with van der Waals surface area (Å²) in [6, 6.07) is 16.7. The number of rotatable bonds is 4. The van der Waals surface area contributed by atoms with Gasteiger partial charge in [-0.25, -0.2) is 0 Å². The maximum atomic E-state index is 8.82. The van der Waals surface area contributed by atoms with Crippen molar-refractivity contribution in [2.45, 2.75) is 24.7 Å². The Morgan fingerprint density at radius 3 is 1.44 bits per heavy atom.